The lowest BCUT2D eigenvalue weighted by Gasteiger charge is -2.28. The molecule has 4 N–H and O–H groups in total. The number of phenols is 2. The van der Waals surface area contributed by atoms with Crippen LogP contribution in [0.15, 0.2) is 48.5 Å². The first-order valence-electron chi connectivity index (χ1n) is 15.3. The molecule has 4 aromatic rings. The number of aryl methyl sites for hydroxylation is 2. The molecule has 0 spiro atoms. The van der Waals surface area contributed by atoms with Crippen molar-refractivity contribution in [3.8, 4) is 28.7 Å². The number of ketones is 2. The van der Waals surface area contributed by atoms with Crippen molar-refractivity contribution >= 4 is 34.3 Å². The minimum absolute atomic E-state index is 0.0394. The quantitative estimate of drug-likeness (QED) is 0.0801. The van der Waals surface area contributed by atoms with Gasteiger partial charge in [0.05, 0.1) is 53.4 Å². The summed E-state index contributed by atoms with van der Waals surface area (Å²) in [4.78, 5) is 28.2. The van der Waals surface area contributed by atoms with Crippen molar-refractivity contribution < 1.29 is 38.4 Å². The van der Waals surface area contributed by atoms with Gasteiger partial charge < -0.3 is 35.1 Å². The highest BCUT2D eigenvalue weighted by Gasteiger charge is 2.42. The Bertz CT molecular complexity index is 1840. The largest absolute Gasteiger partial charge is 0.507 e. The highest BCUT2D eigenvalue weighted by atomic mass is 19.1. The summed E-state index contributed by atoms with van der Waals surface area (Å²) in [6.07, 6.45) is 1.36. The molecule has 0 fully saturated rings. The second-order valence-corrected chi connectivity index (χ2v) is 10.9. The minimum Gasteiger partial charge on any atom is -0.507 e. The third kappa shape index (κ3) is 5.66. The van der Waals surface area contributed by atoms with Gasteiger partial charge >= 0.3 is 0 Å². The van der Waals surface area contributed by atoms with E-state index in [1.54, 1.807) is 12.1 Å². The van der Waals surface area contributed by atoms with Gasteiger partial charge in [0, 0.05) is 0 Å². The molecule has 4 aromatic carbocycles. The summed E-state index contributed by atoms with van der Waals surface area (Å²) in [6, 6.07) is 13.0. The fourth-order valence-corrected chi connectivity index (χ4v) is 5.52. The predicted molar refractivity (Wildman–Crippen MR) is 175 cm³/mol. The van der Waals surface area contributed by atoms with E-state index < -0.39 is 45.6 Å². The van der Waals surface area contributed by atoms with Crippen LogP contribution >= 0.6 is 0 Å². The van der Waals surface area contributed by atoms with E-state index in [4.69, 9.17) is 14.2 Å². The van der Waals surface area contributed by atoms with E-state index in [2.05, 4.69) is 10.6 Å². The number of hydrogen-bond donors (Lipinski definition) is 4. The summed E-state index contributed by atoms with van der Waals surface area (Å²) in [7, 11) is 0. The Kier molecular flexibility index (Phi) is 9.36. The number of para-hydroxylation sites is 2. The number of hydrogen-bond acceptors (Lipinski definition) is 9. The maximum Gasteiger partial charge on any atom is 0.202 e. The standard InChI is InChI=1S/C36H37FN2O7/c1-6-9-18-46-36-28-27(34(42)25-21(40)16-17-22(41)26(25)35(28)43)29(37)32(38-30-19(4)12-10-14-23(30)44-7-2)33(36)39-31-20(5)13-11-15-24(31)45-8-3/h10-17,38-41H,6-9,18H2,1-5H3. The van der Waals surface area contributed by atoms with Gasteiger partial charge in [-0.2, -0.15) is 0 Å². The molecule has 0 aliphatic heterocycles. The first-order chi connectivity index (χ1) is 22.1. The van der Waals surface area contributed by atoms with Crippen LogP contribution in [0.1, 0.15) is 76.6 Å². The molecule has 0 heterocycles. The average Bonchev–Trinajstić information content (AvgIpc) is 3.02. The van der Waals surface area contributed by atoms with Crippen LogP contribution in [-0.2, 0) is 0 Å². The highest BCUT2D eigenvalue weighted by Crippen LogP contribution is 2.51. The summed E-state index contributed by atoms with van der Waals surface area (Å²) in [5.74, 6) is -3.12. The van der Waals surface area contributed by atoms with Gasteiger partial charge in [-0.05, 0) is 69.5 Å². The molecule has 0 radical (unpaired) electrons. The molecule has 0 unspecified atom stereocenters. The molecule has 1 aliphatic carbocycles. The van der Waals surface area contributed by atoms with Gasteiger partial charge in [0.1, 0.15) is 34.4 Å². The predicted octanol–water partition coefficient (Wildman–Crippen LogP) is 8.09. The molecular weight excluding hydrogens is 591 g/mol. The van der Waals surface area contributed by atoms with Crippen LogP contribution < -0.4 is 24.8 Å². The minimum atomic E-state index is -1.05. The maximum atomic E-state index is 17.2. The third-order valence-corrected chi connectivity index (χ3v) is 7.78. The van der Waals surface area contributed by atoms with Crippen LogP contribution in [0.4, 0.5) is 27.1 Å². The van der Waals surface area contributed by atoms with Gasteiger partial charge in [-0.25, -0.2) is 4.39 Å². The number of halogens is 1. The number of phenolic OH excluding ortho intramolecular Hbond substituents is 2. The number of aromatic hydroxyl groups is 2. The highest BCUT2D eigenvalue weighted by molar-refractivity contribution is 6.32. The van der Waals surface area contributed by atoms with Crippen LogP contribution in [0.25, 0.3) is 0 Å². The fourth-order valence-electron chi connectivity index (χ4n) is 5.52. The molecular formula is C36H37FN2O7. The molecule has 46 heavy (non-hydrogen) atoms. The summed E-state index contributed by atoms with van der Waals surface area (Å²) in [5.41, 5.74) is 0.430. The zero-order chi connectivity index (χ0) is 33.1. The van der Waals surface area contributed by atoms with E-state index in [0.29, 0.717) is 42.5 Å². The Hall–Kier alpha value is -5.25. The van der Waals surface area contributed by atoms with Crippen LogP contribution in [0.3, 0.4) is 0 Å². The van der Waals surface area contributed by atoms with Gasteiger partial charge in [0.2, 0.25) is 11.6 Å². The van der Waals surface area contributed by atoms with Crippen molar-refractivity contribution in [2.24, 2.45) is 0 Å². The molecule has 0 atom stereocenters. The summed E-state index contributed by atoms with van der Waals surface area (Å²) < 4.78 is 35.2. The maximum absolute atomic E-state index is 17.2. The van der Waals surface area contributed by atoms with E-state index in [0.717, 1.165) is 29.7 Å². The Morgan fingerprint density at radius 2 is 1.15 bits per heavy atom. The van der Waals surface area contributed by atoms with E-state index in [1.807, 2.05) is 58.9 Å². The number of fused-ring (bicyclic) bond motifs is 2. The van der Waals surface area contributed by atoms with Crippen molar-refractivity contribution in [1.82, 2.24) is 0 Å². The Morgan fingerprint density at radius 3 is 1.65 bits per heavy atom. The number of rotatable bonds is 12. The molecule has 0 saturated heterocycles. The lowest BCUT2D eigenvalue weighted by atomic mass is 9.81. The fraction of sp³-hybridized carbons (Fsp3) is 0.278. The van der Waals surface area contributed by atoms with Crippen molar-refractivity contribution in [2.45, 2.75) is 47.5 Å². The second kappa shape index (κ2) is 13.4. The monoisotopic (exact) mass is 628 g/mol. The van der Waals surface area contributed by atoms with Gasteiger partial charge in [-0.1, -0.05) is 37.6 Å². The van der Waals surface area contributed by atoms with Crippen LogP contribution in [0.5, 0.6) is 28.7 Å². The third-order valence-electron chi connectivity index (χ3n) is 7.78. The Balaban J connectivity index is 1.88. The molecule has 0 aromatic heterocycles. The zero-order valence-corrected chi connectivity index (χ0v) is 26.5. The van der Waals surface area contributed by atoms with Crippen LogP contribution in [-0.4, -0.2) is 41.6 Å². The topological polar surface area (TPSA) is 126 Å². The van der Waals surface area contributed by atoms with Gasteiger partial charge in [-0.15, -0.1) is 0 Å². The smallest absolute Gasteiger partial charge is 0.202 e. The Morgan fingerprint density at radius 1 is 0.652 bits per heavy atom. The van der Waals surface area contributed by atoms with Crippen molar-refractivity contribution in [3.63, 3.8) is 0 Å². The zero-order valence-electron chi connectivity index (χ0n) is 26.5. The normalized spacial score (nSPS) is 12.0. The van der Waals surface area contributed by atoms with E-state index in [9.17, 15) is 19.8 Å². The number of nitrogens with one attached hydrogen (secondary N) is 2. The van der Waals surface area contributed by atoms with Crippen molar-refractivity contribution in [1.29, 1.82) is 0 Å². The number of carbonyl (C=O) groups excluding carboxylic acids is 2. The number of anilines is 4. The SMILES string of the molecule is CCCCOc1c(Nc2c(C)cccc2OCC)c(Nc2c(C)cccc2OCC)c(F)c2c1C(=O)c1c(O)ccc(O)c1C2=O. The summed E-state index contributed by atoms with van der Waals surface area (Å²) in [5, 5.41) is 27.8. The molecule has 9 nitrogen and oxygen atoms in total. The molecule has 0 amide bonds. The first kappa shape index (κ1) is 32.2. The van der Waals surface area contributed by atoms with Gasteiger partial charge in [0.25, 0.3) is 0 Å². The van der Waals surface area contributed by atoms with E-state index >= 15 is 4.39 Å². The van der Waals surface area contributed by atoms with E-state index in [1.165, 1.54) is 0 Å². The molecule has 5 rings (SSSR count). The lowest BCUT2D eigenvalue weighted by molar-refractivity contribution is 0.0967. The van der Waals surface area contributed by atoms with Crippen molar-refractivity contribution in [3.05, 3.63) is 87.7 Å². The number of ether oxygens (including phenoxy) is 3. The number of unbranched alkanes of at least 4 members (excludes halogenated alkanes) is 1. The second-order valence-electron chi connectivity index (χ2n) is 10.9. The average molecular weight is 629 g/mol. The molecule has 0 saturated carbocycles. The summed E-state index contributed by atoms with van der Waals surface area (Å²) in [6.45, 7) is 10.2. The molecule has 1 aliphatic rings. The van der Waals surface area contributed by atoms with Crippen LogP contribution in [0.2, 0.25) is 0 Å². The van der Waals surface area contributed by atoms with E-state index in [-0.39, 0.29) is 29.3 Å². The van der Waals surface area contributed by atoms with Crippen LogP contribution in [0, 0.1) is 19.7 Å². The molecule has 0 bridgehead atoms. The molecule has 10 heteroatoms. The molecule has 240 valence electrons. The Labute approximate surface area is 266 Å². The number of carbonyl (C=O) groups is 2. The first-order valence-corrected chi connectivity index (χ1v) is 15.3. The van der Waals surface area contributed by atoms with Gasteiger partial charge in [0.15, 0.2) is 11.6 Å². The van der Waals surface area contributed by atoms with Crippen molar-refractivity contribution in [2.75, 3.05) is 30.5 Å². The summed E-state index contributed by atoms with van der Waals surface area (Å²) >= 11 is 0. The van der Waals surface area contributed by atoms with Gasteiger partial charge in [-0.3, -0.25) is 9.59 Å². The number of benzene rings is 4. The lowest BCUT2D eigenvalue weighted by Crippen LogP contribution is -2.25.